The summed E-state index contributed by atoms with van der Waals surface area (Å²) < 4.78 is 13.6. The molecule has 0 aliphatic carbocycles. The molecule has 1 atom stereocenters. The van der Waals surface area contributed by atoms with E-state index >= 15 is 0 Å². The van der Waals surface area contributed by atoms with Gasteiger partial charge in [-0.2, -0.15) is 5.26 Å². The molecule has 0 bridgehead atoms. The van der Waals surface area contributed by atoms with Gasteiger partial charge in [0.05, 0.1) is 23.4 Å². The summed E-state index contributed by atoms with van der Waals surface area (Å²) in [5.74, 6) is -0.410. The number of aliphatic hydroxyl groups is 1. The molecular formula is C12H15FN2O. The van der Waals surface area contributed by atoms with Crippen molar-refractivity contribution < 1.29 is 9.50 Å². The van der Waals surface area contributed by atoms with Crippen LogP contribution in [0.15, 0.2) is 18.2 Å². The van der Waals surface area contributed by atoms with Crippen molar-refractivity contribution in [3.8, 4) is 6.07 Å². The standard InChI is InChI=1S/C12H15FN2O/c1-9(16)5-6-15(2)12-4-3-10(8-14)7-11(12)13/h3-4,7,9,16H,5-6H2,1-2H3/t9-/m1/s1. The van der Waals surface area contributed by atoms with Gasteiger partial charge in [0, 0.05) is 13.6 Å². The van der Waals surface area contributed by atoms with E-state index in [2.05, 4.69) is 0 Å². The van der Waals surface area contributed by atoms with Gasteiger partial charge in [-0.1, -0.05) is 0 Å². The summed E-state index contributed by atoms with van der Waals surface area (Å²) in [5.41, 5.74) is 0.754. The van der Waals surface area contributed by atoms with E-state index in [1.165, 1.54) is 6.07 Å². The molecule has 0 aliphatic heterocycles. The first-order valence-electron chi connectivity index (χ1n) is 5.13. The van der Waals surface area contributed by atoms with Crippen molar-refractivity contribution in [3.63, 3.8) is 0 Å². The number of hydrogen-bond acceptors (Lipinski definition) is 3. The molecule has 1 N–H and O–H groups in total. The molecule has 0 amide bonds. The third-order valence-electron chi connectivity index (χ3n) is 2.37. The normalized spacial score (nSPS) is 11.9. The van der Waals surface area contributed by atoms with Crippen molar-refractivity contribution in [1.29, 1.82) is 5.26 Å². The van der Waals surface area contributed by atoms with Crippen LogP contribution in [-0.2, 0) is 0 Å². The van der Waals surface area contributed by atoms with E-state index in [4.69, 9.17) is 10.4 Å². The van der Waals surface area contributed by atoms with Gasteiger partial charge in [0.25, 0.3) is 0 Å². The van der Waals surface area contributed by atoms with Crippen LogP contribution in [0.2, 0.25) is 0 Å². The van der Waals surface area contributed by atoms with Gasteiger partial charge in [0.2, 0.25) is 0 Å². The summed E-state index contributed by atoms with van der Waals surface area (Å²) in [6, 6.07) is 6.26. The molecule has 0 aromatic heterocycles. The molecule has 4 heteroatoms. The Balaban J connectivity index is 2.76. The summed E-state index contributed by atoms with van der Waals surface area (Å²) in [6.45, 7) is 2.27. The van der Waals surface area contributed by atoms with Crippen LogP contribution in [0.1, 0.15) is 18.9 Å². The van der Waals surface area contributed by atoms with Crippen molar-refractivity contribution in [3.05, 3.63) is 29.6 Å². The summed E-state index contributed by atoms with van der Waals surface area (Å²) in [4.78, 5) is 1.73. The first-order valence-corrected chi connectivity index (χ1v) is 5.13. The van der Waals surface area contributed by atoms with Gasteiger partial charge >= 0.3 is 0 Å². The predicted octanol–water partition coefficient (Wildman–Crippen LogP) is 1.90. The number of nitriles is 1. The van der Waals surface area contributed by atoms with Crippen LogP contribution in [0, 0.1) is 17.1 Å². The number of anilines is 1. The lowest BCUT2D eigenvalue weighted by atomic mass is 10.2. The summed E-state index contributed by atoms with van der Waals surface area (Å²) in [5, 5.41) is 17.7. The Morgan fingerprint density at radius 1 is 1.56 bits per heavy atom. The maximum atomic E-state index is 13.6. The van der Waals surface area contributed by atoms with Crippen molar-refractivity contribution >= 4 is 5.69 Å². The largest absolute Gasteiger partial charge is 0.393 e. The van der Waals surface area contributed by atoms with Crippen LogP contribution < -0.4 is 4.90 Å². The van der Waals surface area contributed by atoms with Gasteiger partial charge in [-0.15, -0.1) is 0 Å². The highest BCUT2D eigenvalue weighted by molar-refractivity contribution is 5.50. The summed E-state index contributed by atoms with van der Waals surface area (Å²) >= 11 is 0. The number of halogens is 1. The van der Waals surface area contributed by atoms with E-state index in [-0.39, 0.29) is 0 Å². The van der Waals surface area contributed by atoms with E-state index in [9.17, 15) is 4.39 Å². The second-order valence-corrected chi connectivity index (χ2v) is 3.84. The minimum Gasteiger partial charge on any atom is -0.393 e. The van der Waals surface area contributed by atoms with Gasteiger partial charge in [-0.3, -0.25) is 0 Å². The number of benzene rings is 1. The molecule has 86 valence electrons. The van der Waals surface area contributed by atoms with Crippen LogP contribution in [0.25, 0.3) is 0 Å². The molecule has 0 unspecified atom stereocenters. The zero-order chi connectivity index (χ0) is 12.1. The first kappa shape index (κ1) is 12.5. The van der Waals surface area contributed by atoms with Crippen LogP contribution in [0.4, 0.5) is 10.1 Å². The lowest BCUT2D eigenvalue weighted by molar-refractivity contribution is 0.187. The summed E-state index contributed by atoms with van der Waals surface area (Å²) in [6.07, 6.45) is 0.180. The minimum atomic E-state index is -0.410. The van der Waals surface area contributed by atoms with Crippen LogP contribution in [-0.4, -0.2) is 24.8 Å². The SMILES string of the molecule is C[C@@H](O)CCN(C)c1ccc(C#N)cc1F. The second kappa shape index (κ2) is 5.47. The zero-order valence-electron chi connectivity index (χ0n) is 9.44. The first-order chi connectivity index (χ1) is 7.54. The fraction of sp³-hybridized carbons (Fsp3) is 0.417. The van der Waals surface area contributed by atoms with Crippen molar-refractivity contribution in [2.75, 3.05) is 18.5 Å². The van der Waals surface area contributed by atoms with Crippen molar-refractivity contribution in [1.82, 2.24) is 0 Å². The van der Waals surface area contributed by atoms with E-state index < -0.39 is 11.9 Å². The monoisotopic (exact) mass is 222 g/mol. The second-order valence-electron chi connectivity index (χ2n) is 3.84. The van der Waals surface area contributed by atoms with E-state index in [1.54, 1.807) is 31.0 Å². The number of rotatable bonds is 4. The highest BCUT2D eigenvalue weighted by Crippen LogP contribution is 2.19. The van der Waals surface area contributed by atoms with E-state index in [0.29, 0.717) is 24.2 Å². The average molecular weight is 222 g/mol. The third-order valence-corrected chi connectivity index (χ3v) is 2.37. The Hall–Kier alpha value is -1.60. The molecule has 0 fully saturated rings. The molecule has 0 spiro atoms. The zero-order valence-corrected chi connectivity index (χ0v) is 9.44. The fourth-order valence-electron chi connectivity index (χ4n) is 1.39. The highest BCUT2D eigenvalue weighted by atomic mass is 19.1. The number of aliphatic hydroxyl groups excluding tert-OH is 1. The minimum absolute atomic E-state index is 0.310. The molecule has 0 heterocycles. The molecular weight excluding hydrogens is 207 g/mol. The Labute approximate surface area is 94.7 Å². The molecule has 1 rings (SSSR count). The van der Waals surface area contributed by atoms with Crippen LogP contribution >= 0.6 is 0 Å². The Morgan fingerprint density at radius 2 is 2.25 bits per heavy atom. The van der Waals surface area contributed by atoms with Gasteiger partial charge in [0.15, 0.2) is 0 Å². The molecule has 0 radical (unpaired) electrons. The molecule has 0 aliphatic rings. The molecule has 3 nitrogen and oxygen atoms in total. The summed E-state index contributed by atoms with van der Waals surface area (Å²) in [7, 11) is 1.76. The highest BCUT2D eigenvalue weighted by Gasteiger charge is 2.09. The lowest BCUT2D eigenvalue weighted by Crippen LogP contribution is -2.22. The number of nitrogens with zero attached hydrogens (tertiary/aromatic N) is 2. The van der Waals surface area contributed by atoms with Gasteiger partial charge in [-0.05, 0) is 31.5 Å². The molecule has 0 saturated heterocycles. The van der Waals surface area contributed by atoms with Gasteiger partial charge < -0.3 is 10.0 Å². The quantitative estimate of drug-likeness (QED) is 0.846. The van der Waals surface area contributed by atoms with E-state index in [1.807, 2.05) is 6.07 Å². The lowest BCUT2D eigenvalue weighted by Gasteiger charge is -2.20. The third kappa shape index (κ3) is 3.21. The maximum Gasteiger partial charge on any atom is 0.147 e. The topological polar surface area (TPSA) is 47.3 Å². The predicted molar refractivity (Wildman–Crippen MR) is 60.7 cm³/mol. The maximum absolute atomic E-state index is 13.6. The van der Waals surface area contributed by atoms with Crippen LogP contribution in [0.5, 0.6) is 0 Å². The fourth-order valence-corrected chi connectivity index (χ4v) is 1.39. The van der Waals surface area contributed by atoms with E-state index in [0.717, 1.165) is 0 Å². The smallest absolute Gasteiger partial charge is 0.147 e. The van der Waals surface area contributed by atoms with Crippen LogP contribution in [0.3, 0.4) is 0 Å². The number of hydrogen-bond donors (Lipinski definition) is 1. The Kier molecular flexibility index (Phi) is 4.27. The Morgan fingerprint density at radius 3 is 2.75 bits per heavy atom. The average Bonchev–Trinajstić information content (AvgIpc) is 2.25. The van der Waals surface area contributed by atoms with Gasteiger partial charge in [-0.25, -0.2) is 4.39 Å². The molecule has 16 heavy (non-hydrogen) atoms. The molecule has 1 aromatic carbocycles. The Bertz CT molecular complexity index is 398. The molecule has 1 aromatic rings. The van der Waals surface area contributed by atoms with Crippen molar-refractivity contribution in [2.45, 2.75) is 19.4 Å². The van der Waals surface area contributed by atoms with Gasteiger partial charge in [0.1, 0.15) is 5.82 Å². The molecule has 0 saturated carbocycles. The van der Waals surface area contributed by atoms with Crippen molar-refractivity contribution in [2.24, 2.45) is 0 Å².